The van der Waals surface area contributed by atoms with Crippen molar-refractivity contribution < 1.29 is 13.2 Å². The molecule has 2 aromatic rings. The molecule has 2 rings (SSSR count). The van der Waals surface area contributed by atoms with E-state index in [-0.39, 0.29) is 16.8 Å². The lowest BCUT2D eigenvalue weighted by atomic mass is 10.2. The molecule has 0 aromatic carbocycles. The van der Waals surface area contributed by atoms with Gasteiger partial charge in [-0.25, -0.2) is 13.2 Å². The maximum absolute atomic E-state index is 12.8. The highest BCUT2D eigenvalue weighted by molar-refractivity contribution is 7.93. The van der Waals surface area contributed by atoms with E-state index >= 15 is 0 Å². The minimum atomic E-state index is -3.59. The molecule has 2 amide bonds. The fraction of sp³-hybridized carbons (Fsp3) is 0.333. The number of pyridine rings is 1. The number of carbonyl (C=O) groups is 1. The van der Waals surface area contributed by atoms with E-state index in [4.69, 9.17) is 0 Å². The van der Waals surface area contributed by atoms with Gasteiger partial charge in [-0.15, -0.1) is 11.3 Å². The van der Waals surface area contributed by atoms with Gasteiger partial charge in [0.1, 0.15) is 9.46 Å². The Bertz CT molecular complexity index is 716. The van der Waals surface area contributed by atoms with Crippen LogP contribution in [0.1, 0.15) is 24.2 Å². The van der Waals surface area contributed by atoms with E-state index < -0.39 is 15.1 Å². The first kappa shape index (κ1) is 17.4. The van der Waals surface area contributed by atoms with Crippen LogP contribution in [0.15, 0.2) is 46.2 Å². The van der Waals surface area contributed by atoms with Crippen molar-refractivity contribution >= 4 is 27.2 Å². The lowest BCUT2D eigenvalue weighted by molar-refractivity contribution is 0.241. The van der Waals surface area contributed by atoms with Crippen LogP contribution in [0.25, 0.3) is 0 Å². The lowest BCUT2D eigenvalue weighted by Crippen LogP contribution is -2.39. The predicted octanol–water partition coefficient (Wildman–Crippen LogP) is 2.37. The number of hydrogen-bond acceptors (Lipinski definition) is 5. The fourth-order valence-corrected chi connectivity index (χ4v) is 4.87. The predicted molar refractivity (Wildman–Crippen MR) is 90.2 cm³/mol. The van der Waals surface area contributed by atoms with Crippen molar-refractivity contribution in [3.8, 4) is 0 Å². The smallest absolute Gasteiger partial charge is 0.314 e. The third kappa shape index (κ3) is 4.52. The Morgan fingerprint density at radius 3 is 2.74 bits per heavy atom. The van der Waals surface area contributed by atoms with Gasteiger partial charge in [-0.1, -0.05) is 19.1 Å². The molecule has 0 bridgehead atoms. The van der Waals surface area contributed by atoms with Crippen LogP contribution in [0, 0.1) is 0 Å². The Labute approximate surface area is 139 Å². The second kappa shape index (κ2) is 8.07. The number of thiophene rings is 1. The zero-order valence-electron chi connectivity index (χ0n) is 12.7. The van der Waals surface area contributed by atoms with Crippen LogP contribution in [-0.2, 0) is 9.84 Å². The Hall–Kier alpha value is -1.93. The highest BCUT2D eigenvalue weighted by atomic mass is 32.2. The summed E-state index contributed by atoms with van der Waals surface area (Å²) in [7, 11) is -3.59. The summed E-state index contributed by atoms with van der Waals surface area (Å²) in [5.74, 6) is 0. The molecule has 0 aliphatic carbocycles. The van der Waals surface area contributed by atoms with Gasteiger partial charge in [-0.2, -0.15) is 0 Å². The quantitative estimate of drug-likeness (QED) is 0.800. The van der Waals surface area contributed by atoms with Crippen molar-refractivity contribution in [3.05, 3.63) is 47.6 Å². The first-order valence-electron chi connectivity index (χ1n) is 7.24. The third-order valence-electron chi connectivity index (χ3n) is 3.19. The second-order valence-electron chi connectivity index (χ2n) is 4.89. The molecule has 0 radical (unpaired) electrons. The molecular weight excluding hydrogens is 334 g/mol. The molecule has 2 aromatic heterocycles. The van der Waals surface area contributed by atoms with Gasteiger partial charge in [-0.3, -0.25) is 4.98 Å². The van der Waals surface area contributed by atoms with E-state index in [1.165, 1.54) is 6.20 Å². The number of urea groups is 1. The Balaban J connectivity index is 2.22. The van der Waals surface area contributed by atoms with Crippen LogP contribution in [0.3, 0.4) is 0 Å². The molecule has 1 atom stereocenters. The maximum atomic E-state index is 12.8. The molecule has 8 heteroatoms. The van der Waals surface area contributed by atoms with E-state index in [0.29, 0.717) is 12.1 Å². The molecular formula is C15H19N3O3S2. The Morgan fingerprint density at radius 2 is 2.13 bits per heavy atom. The van der Waals surface area contributed by atoms with Gasteiger partial charge in [-0.05, 0) is 29.5 Å². The number of sulfone groups is 1. The Kier molecular flexibility index (Phi) is 6.12. The van der Waals surface area contributed by atoms with Gasteiger partial charge in [0.25, 0.3) is 0 Å². The molecule has 1 unspecified atom stereocenters. The van der Waals surface area contributed by atoms with E-state index in [0.717, 1.165) is 17.8 Å². The number of rotatable bonds is 7. The number of hydrogen-bond donors (Lipinski definition) is 2. The van der Waals surface area contributed by atoms with Crippen LogP contribution < -0.4 is 10.6 Å². The molecule has 23 heavy (non-hydrogen) atoms. The maximum Gasteiger partial charge on any atom is 0.314 e. The lowest BCUT2D eigenvalue weighted by Gasteiger charge is -2.18. The standard InChI is InChI=1S/C15H19N3O3S2/c1-2-7-17-15(19)18-11-13(12-5-3-8-16-10-12)23(20,21)14-6-4-9-22-14/h3-6,8-10,13H,2,7,11H2,1H3,(H2,17,18,19). The summed E-state index contributed by atoms with van der Waals surface area (Å²) in [5, 5.41) is 6.14. The van der Waals surface area contributed by atoms with E-state index in [9.17, 15) is 13.2 Å². The van der Waals surface area contributed by atoms with E-state index in [2.05, 4.69) is 15.6 Å². The van der Waals surface area contributed by atoms with Crippen molar-refractivity contribution in [1.82, 2.24) is 15.6 Å². The highest BCUT2D eigenvalue weighted by Crippen LogP contribution is 2.30. The average Bonchev–Trinajstić information content (AvgIpc) is 3.09. The van der Waals surface area contributed by atoms with E-state index in [1.807, 2.05) is 6.92 Å². The monoisotopic (exact) mass is 353 g/mol. The normalized spacial score (nSPS) is 12.6. The van der Waals surface area contributed by atoms with Crippen LogP contribution in [0.4, 0.5) is 4.79 Å². The summed E-state index contributed by atoms with van der Waals surface area (Å²) in [6.45, 7) is 2.47. The van der Waals surface area contributed by atoms with Crippen molar-refractivity contribution in [1.29, 1.82) is 0 Å². The van der Waals surface area contributed by atoms with Gasteiger partial charge in [0, 0.05) is 25.5 Å². The first-order chi connectivity index (χ1) is 11.1. The number of aromatic nitrogens is 1. The fourth-order valence-electron chi connectivity index (χ4n) is 2.03. The summed E-state index contributed by atoms with van der Waals surface area (Å²) in [6.07, 6.45) is 3.91. The summed E-state index contributed by atoms with van der Waals surface area (Å²) in [4.78, 5) is 15.7. The van der Waals surface area contributed by atoms with E-state index in [1.54, 1.807) is 35.8 Å². The van der Waals surface area contributed by atoms with Gasteiger partial charge in [0.15, 0.2) is 9.84 Å². The molecule has 2 N–H and O–H groups in total. The Morgan fingerprint density at radius 1 is 1.30 bits per heavy atom. The SMILES string of the molecule is CCCNC(=O)NCC(c1cccnc1)S(=O)(=O)c1cccs1. The summed E-state index contributed by atoms with van der Waals surface area (Å²) in [5.41, 5.74) is 0.552. The van der Waals surface area contributed by atoms with Gasteiger partial charge >= 0.3 is 6.03 Å². The van der Waals surface area contributed by atoms with Crippen molar-refractivity contribution in [2.24, 2.45) is 0 Å². The number of nitrogens with zero attached hydrogens (tertiary/aromatic N) is 1. The topological polar surface area (TPSA) is 88.2 Å². The largest absolute Gasteiger partial charge is 0.338 e. The number of carbonyl (C=O) groups excluding carboxylic acids is 1. The zero-order chi connectivity index (χ0) is 16.7. The van der Waals surface area contributed by atoms with Crippen molar-refractivity contribution in [2.75, 3.05) is 13.1 Å². The zero-order valence-corrected chi connectivity index (χ0v) is 14.4. The molecule has 0 aliphatic heterocycles. The van der Waals surface area contributed by atoms with Crippen LogP contribution in [0.2, 0.25) is 0 Å². The van der Waals surface area contributed by atoms with Gasteiger partial charge in [0.2, 0.25) is 0 Å². The first-order valence-corrected chi connectivity index (χ1v) is 9.67. The molecule has 0 spiro atoms. The minimum Gasteiger partial charge on any atom is -0.338 e. The average molecular weight is 353 g/mol. The molecule has 0 fully saturated rings. The van der Waals surface area contributed by atoms with Gasteiger partial charge in [0.05, 0.1) is 0 Å². The molecule has 0 aliphatic rings. The summed E-state index contributed by atoms with van der Waals surface area (Å²) in [6, 6.07) is 6.28. The molecule has 2 heterocycles. The number of nitrogens with one attached hydrogen (secondary N) is 2. The van der Waals surface area contributed by atoms with Crippen molar-refractivity contribution in [3.63, 3.8) is 0 Å². The van der Waals surface area contributed by atoms with Crippen LogP contribution in [-0.4, -0.2) is 32.5 Å². The van der Waals surface area contributed by atoms with Crippen LogP contribution >= 0.6 is 11.3 Å². The van der Waals surface area contributed by atoms with Crippen molar-refractivity contribution in [2.45, 2.75) is 22.8 Å². The molecule has 0 saturated heterocycles. The van der Waals surface area contributed by atoms with Gasteiger partial charge < -0.3 is 10.6 Å². The third-order valence-corrected chi connectivity index (χ3v) is 6.72. The number of amides is 2. The minimum absolute atomic E-state index is 0.0124. The highest BCUT2D eigenvalue weighted by Gasteiger charge is 2.30. The second-order valence-corrected chi connectivity index (χ2v) is 8.19. The molecule has 124 valence electrons. The van der Waals surface area contributed by atoms with Crippen LogP contribution in [0.5, 0.6) is 0 Å². The summed E-state index contributed by atoms with van der Waals surface area (Å²) < 4.78 is 25.9. The molecule has 6 nitrogen and oxygen atoms in total. The molecule has 0 saturated carbocycles. The summed E-state index contributed by atoms with van der Waals surface area (Å²) >= 11 is 1.16.